The number of benzene rings is 1. The van der Waals surface area contributed by atoms with Crippen LogP contribution in [0.4, 0.5) is 0 Å². The third kappa shape index (κ3) is 2.60. The van der Waals surface area contributed by atoms with Gasteiger partial charge in [0.15, 0.2) is 11.3 Å². The van der Waals surface area contributed by atoms with Gasteiger partial charge in [0.05, 0.1) is 13.4 Å². The summed E-state index contributed by atoms with van der Waals surface area (Å²) in [5.74, 6) is 0.811. The smallest absolute Gasteiger partial charge is 0.175 e. The van der Waals surface area contributed by atoms with Gasteiger partial charge in [-0.25, -0.2) is 0 Å². The second-order valence-corrected chi connectivity index (χ2v) is 4.93. The SMILES string of the molecule is COc1ccc(CCN2CCNCC2)c2ccoc12. The summed E-state index contributed by atoms with van der Waals surface area (Å²) in [7, 11) is 1.68. The van der Waals surface area contributed by atoms with Gasteiger partial charge in [0.1, 0.15) is 0 Å². The molecule has 2 heterocycles. The van der Waals surface area contributed by atoms with E-state index in [-0.39, 0.29) is 0 Å². The summed E-state index contributed by atoms with van der Waals surface area (Å²) in [6, 6.07) is 6.18. The third-order valence-corrected chi connectivity index (χ3v) is 3.80. The number of nitrogens with one attached hydrogen (secondary N) is 1. The van der Waals surface area contributed by atoms with Crippen LogP contribution in [-0.4, -0.2) is 44.7 Å². The van der Waals surface area contributed by atoms with Crippen LogP contribution in [0.2, 0.25) is 0 Å². The van der Waals surface area contributed by atoms with E-state index in [1.165, 1.54) is 10.9 Å². The number of methoxy groups -OCH3 is 1. The maximum Gasteiger partial charge on any atom is 0.175 e. The van der Waals surface area contributed by atoms with E-state index in [1.807, 2.05) is 12.1 Å². The molecule has 0 radical (unpaired) electrons. The van der Waals surface area contributed by atoms with E-state index in [1.54, 1.807) is 13.4 Å². The lowest BCUT2D eigenvalue weighted by atomic mass is 10.1. The average molecular weight is 260 g/mol. The van der Waals surface area contributed by atoms with Crippen LogP contribution in [0.3, 0.4) is 0 Å². The van der Waals surface area contributed by atoms with Crippen LogP contribution in [-0.2, 0) is 6.42 Å². The first-order valence-corrected chi connectivity index (χ1v) is 6.84. The number of hydrogen-bond acceptors (Lipinski definition) is 4. The van der Waals surface area contributed by atoms with Gasteiger partial charge in [-0.15, -0.1) is 0 Å². The fourth-order valence-electron chi connectivity index (χ4n) is 2.69. The molecule has 0 unspecified atom stereocenters. The predicted molar refractivity (Wildman–Crippen MR) is 75.8 cm³/mol. The van der Waals surface area contributed by atoms with Crippen molar-refractivity contribution >= 4 is 11.0 Å². The molecule has 1 N–H and O–H groups in total. The number of furan rings is 1. The summed E-state index contributed by atoms with van der Waals surface area (Å²) in [6.07, 6.45) is 2.79. The summed E-state index contributed by atoms with van der Waals surface area (Å²) in [4.78, 5) is 2.51. The van der Waals surface area contributed by atoms with Crippen molar-refractivity contribution in [2.45, 2.75) is 6.42 Å². The van der Waals surface area contributed by atoms with Crippen molar-refractivity contribution in [3.8, 4) is 5.75 Å². The number of fused-ring (bicyclic) bond motifs is 1. The zero-order chi connectivity index (χ0) is 13.1. The van der Waals surface area contributed by atoms with E-state index >= 15 is 0 Å². The molecule has 0 spiro atoms. The lowest BCUT2D eigenvalue weighted by Gasteiger charge is -2.27. The van der Waals surface area contributed by atoms with Crippen LogP contribution < -0.4 is 10.1 Å². The Hall–Kier alpha value is -1.52. The highest BCUT2D eigenvalue weighted by Gasteiger charge is 2.12. The first-order chi connectivity index (χ1) is 9.38. The number of rotatable bonds is 4. The first kappa shape index (κ1) is 12.5. The van der Waals surface area contributed by atoms with Crippen LogP contribution in [0, 0.1) is 0 Å². The highest BCUT2D eigenvalue weighted by molar-refractivity contribution is 5.86. The lowest BCUT2D eigenvalue weighted by molar-refractivity contribution is 0.244. The highest BCUT2D eigenvalue weighted by Crippen LogP contribution is 2.29. The fraction of sp³-hybridized carbons (Fsp3) is 0.467. The quantitative estimate of drug-likeness (QED) is 0.911. The van der Waals surface area contributed by atoms with Crippen molar-refractivity contribution in [3.63, 3.8) is 0 Å². The molecule has 1 aromatic heterocycles. The van der Waals surface area contributed by atoms with E-state index in [4.69, 9.17) is 9.15 Å². The summed E-state index contributed by atoms with van der Waals surface area (Å²) in [5, 5.41) is 4.56. The van der Waals surface area contributed by atoms with Crippen molar-refractivity contribution in [1.82, 2.24) is 10.2 Å². The monoisotopic (exact) mass is 260 g/mol. The van der Waals surface area contributed by atoms with Gasteiger partial charge in [-0.2, -0.15) is 0 Å². The standard InChI is InChI=1S/C15H20N2O2/c1-18-14-3-2-12(13-5-11-19-15(13)14)4-8-17-9-6-16-7-10-17/h2-3,5,11,16H,4,6-10H2,1H3. The Morgan fingerprint density at radius 2 is 2.11 bits per heavy atom. The van der Waals surface area contributed by atoms with Gasteiger partial charge >= 0.3 is 0 Å². The predicted octanol–water partition coefficient (Wildman–Crippen LogP) is 1.89. The van der Waals surface area contributed by atoms with Crippen LogP contribution >= 0.6 is 0 Å². The molecule has 0 amide bonds. The van der Waals surface area contributed by atoms with Gasteiger partial charge in [0.25, 0.3) is 0 Å². The number of nitrogens with zero attached hydrogens (tertiary/aromatic N) is 1. The molecule has 1 fully saturated rings. The van der Waals surface area contributed by atoms with Gasteiger partial charge in [0, 0.05) is 38.1 Å². The van der Waals surface area contributed by atoms with E-state index in [0.717, 1.165) is 50.5 Å². The largest absolute Gasteiger partial charge is 0.493 e. The summed E-state index contributed by atoms with van der Waals surface area (Å²) >= 11 is 0. The van der Waals surface area contributed by atoms with Crippen molar-refractivity contribution in [2.24, 2.45) is 0 Å². The van der Waals surface area contributed by atoms with E-state index in [9.17, 15) is 0 Å². The highest BCUT2D eigenvalue weighted by atomic mass is 16.5. The molecule has 2 aromatic rings. The molecule has 0 bridgehead atoms. The molecule has 0 saturated carbocycles. The molecule has 19 heavy (non-hydrogen) atoms. The molecule has 4 nitrogen and oxygen atoms in total. The Labute approximate surface area is 113 Å². The van der Waals surface area contributed by atoms with Crippen LogP contribution in [0.25, 0.3) is 11.0 Å². The van der Waals surface area contributed by atoms with Crippen molar-refractivity contribution < 1.29 is 9.15 Å². The van der Waals surface area contributed by atoms with E-state index < -0.39 is 0 Å². The summed E-state index contributed by atoms with van der Waals surface area (Å²) in [6.45, 7) is 5.59. The Kier molecular flexibility index (Phi) is 3.71. The molecule has 1 saturated heterocycles. The average Bonchev–Trinajstić information content (AvgIpc) is 2.95. The third-order valence-electron chi connectivity index (χ3n) is 3.80. The number of piperazine rings is 1. The molecule has 4 heteroatoms. The molecule has 1 aliphatic rings. The van der Waals surface area contributed by atoms with E-state index in [0.29, 0.717) is 0 Å². The molecule has 0 aliphatic carbocycles. The molecule has 0 atom stereocenters. The van der Waals surface area contributed by atoms with Gasteiger partial charge in [-0.3, -0.25) is 0 Å². The molecular formula is C15H20N2O2. The maximum atomic E-state index is 5.52. The minimum absolute atomic E-state index is 0.811. The minimum Gasteiger partial charge on any atom is -0.493 e. The molecule has 3 rings (SSSR count). The topological polar surface area (TPSA) is 37.6 Å². The zero-order valence-electron chi connectivity index (χ0n) is 11.3. The zero-order valence-corrected chi connectivity index (χ0v) is 11.3. The van der Waals surface area contributed by atoms with Gasteiger partial charge < -0.3 is 19.4 Å². The molecule has 1 aromatic carbocycles. The number of ether oxygens (including phenoxy) is 1. The molecule has 1 aliphatic heterocycles. The Balaban J connectivity index is 1.75. The van der Waals surface area contributed by atoms with E-state index in [2.05, 4.69) is 16.3 Å². The van der Waals surface area contributed by atoms with Crippen LogP contribution in [0.1, 0.15) is 5.56 Å². The molecule has 102 valence electrons. The van der Waals surface area contributed by atoms with Gasteiger partial charge in [0.2, 0.25) is 0 Å². The van der Waals surface area contributed by atoms with Gasteiger partial charge in [-0.05, 0) is 24.1 Å². The first-order valence-electron chi connectivity index (χ1n) is 6.84. The lowest BCUT2D eigenvalue weighted by Crippen LogP contribution is -2.44. The Bertz CT molecular complexity index is 544. The molecular weight excluding hydrogens is 240 g/mol. The van der Waals surface area contributed by atoms with Gasteiger partial charge in [-0.1, -0.05) is 6.07 Å². The fourth-order valence-corrected chi connectivity index (χ4v) is 2.69. The minimum atomic E-state index is 0.811. The Morgan fingerprint density at radius 3 is 2.89 bits per heavy atom. The van der Waals surface area contributed by atoms with Crippen LogP contribution in [0.15, 0.2) is 28.9 Å². The summed E-state index contributed by atoms with van der Waals surface area (Å²) < 4.78 is 10.8. The van der Waals surface area contributed by atoms with Crippen molar-refractivity contribution in [2.75, 3.05) is 39.8 Å². The maximum absolute atomic E-state index is 5.52. The normalized spacial score (nSPS) is 16.9. The Morgan fingerprint density at radius 1 is 1.26 bits per heavy atom. The van der Waals surface area contributed by atoms with Crippen molar-refractivity contribution in [3.05, 3.63) is 30.0 Å². The second kappa shape index (κ2) is 5.63. The van der Waals surface area contributed by atoms with Crippen molar-refractivity contribution in [1.29, 1.82) is 0 Å². The van der Waals surface area contributed by atoms with Crippen LogP contribution in [0.5, 0.6) is 5.75 Å². The number of hydrogen-bond donors (Lipinski definition) is 1. The summed E-state index contributed by atoms with van der Waals surface area (Å²) in [5.41, 5.74) is 2.20. The second-order valence-electron chi connectivity index (χ2n) is 4.93.